The summed E-state index contributed by atoms with van der Waals surface area (Å²) in [5.41, 5.74) is 1.35. The summed E-state index contributed by atoms with van der Waals surface area (Å²) in [5.74, 6) is -1.43. The molecule has 12 nitrogen and oxygen atoms in total. The fraction of sp³-hybridized carbons (Fsp3) is 0.235. The lowest BCUT2D eigenvalue weighted by atomic mass is 10.1. The van der Waals surface area contributed by atoms with Crippen LogP contribution in [0, 0.1) is 10.1 Å². The van der Waals surface area contributed by atoms with Crippen LogP contribution in [0.3, 0.4) is 0 Å². The largest absolute Gasteiger partial charge is 0.496 e. The van der Waals surface area contributed by atoms with Gasteiger partial charge in [0.25, 0.3) is 0 Å². The van der Waals surface area contributed by atoms with Crippen molar-refractivity contribution in [2.24, 2.45) is 10.2 Å². The number of carboxylic acid groups (broad SMARTS) is 1. The van der Waals surface area contributed by atoms with Crippen LogP contribution in [0.1, 0.15) is 17.5 Å². The van der Waals surface area contributed by atoms with E-state index in [1.165, 1.54) is 24.2 Å². The summed E-state index contributed by atoms with van der Waals surface area (Å²) in [6, 6.07) is 5.16. The number of nitrogens with zero attached hydrogens (tertiary/aromatic N) is 5. The molecule has 1 aromatic carbocycles. The van der Waals surface area contributed by atoms with Crippen LogP contribution in [0.25, 0.3) is 0 Å². The third kappa shape index (κ3) is 5.58. The standard InChI is InChI=1S/C17H15ClN6O6S/c1-30-12-4-9(6-19-21-17-20-16(27)13(31-17)5-14(25)26)2-3-10(12)7-23-8-11(18)15(22-23)24(28)29/h2-4,6,8,13H,5,7H2,1H3,(H,25,26)(H,20,21,27). The summed E-state index contributed by atoms with van der Waals surface area (Å²) in [4.78, 5) is 32.6. The number of aliphatic carboxylic acids is 1. The molecule has 1 fully saturated rings. The van der Waals surface area contributed by atoms with Gasteiger partial charge in [-0.25, -0.2) is 0 Å². The van der Waals surface area contributed by atoms with Crippen molar-refractivity contribution in [3.63, 3.8) is 0 Å². The van der Waals surface area contributed by atoms with Crippen molar-refractivity contribution in [3.8, 4) is 5.75 Å². The number of nitrogens with one attached hydrogen (secondary N) is 1. The van der Waals surface area contributed by atoms with Gasteiger partial charge in [-0.15, -0.1) is 5.10 Å². The van der Waals surface area contributed by atoms with Crippen LogP contribution >= 0.6 is 23.4 Å². The Morgan fingerprint density at radius 3 is 2.97 bits per heavy atom. The normalized spacial score (nSPS) is 17.3. The van der Waals surface area contributed by atoms with Crippen LogP contribution in [0.4, 0.5) is 5.82 Å². The summed E-state index contributed by atoms with van der Waals surface area (Å²) in [7, 11) is 1.48. The van der Waals surface area contributed by atoms with Gasteiger partial charge in [0.2, 0.25) is 5.91 Å². The molecule has 0 saturated carbocycles. The fourth-order valence-electron chi connectivity index (χ4n) is 2.63. The molecular weight excluding hydrogens is 452 g/mol. The van der Waals surface area contributed by atoms with E-state index in [1.54, 1.807) is 18.2 Å². The average molecular weight is 467 g/mol. The minimum Gasteiger partial charge on any atom is -0.496 e. The Morgan fingerprint density at radius 1 is 1.55 bits per heavy atom. The van der Waals surface area contributed by atoms with E-state index in [0.717, 1.165) is 11.8 Å². The van der Waals surface area contributed by atoms with Crippen LogP contribution in [-0.2, 0) is 16.1 Å². The molecule has 1 unspecified atom stereocenters. The zero-order chi connectivity index (χ0) is 22.5. The topological polar surface area (TPSA) is 161 Å². The van der Waals surface area contributed by atoms with Gasteiger partial charge in [-0.3, -0.25) is 9.59 Å². The number of halogens is 1. The van der Waals surface area contributed by atoms with Crippen LogP contribution in [0.5, 0.6) is 5.75 Å². The van der Waals surface area contributed by atoms with Gasteiger partial charge in [0.1, 0.15) is 11.0 Å². The predicted molar refractivity (Wildman–Crippen MR) is 113 cm³/mol. The number of hydrogen-bond donors (Lipinski definition) is 2. The Balaban J connectivity index is 1.70. The molecule has 14 heteroatoms. The number of benzene rings is 1. The third-order valence-electron chi connectivity index (χ3n) is 4.01. The lowest BCUT2D eigenvalue weighted by Crippen LogP contribution is -2.26. The highest BCUT2D eigenvalue weighted by Crippen LogP contribution is 2.25. The summed E-state index contributed by atoms with van der Waals surface area (Å²) >= 11 is 6.82. The van der Waals surface area contributed by atoms with Crippen molar-refractivity contribution in [3.05, 3.63) is 50.7 Å². The SMILES string of the molecule is COc1cc(C=NN=C2NC(=O)C(CC(=O)O)S2)ccc1Cn1cc(Cl)c([N+](=O)[O-])n1. The van der Waals surface area contributed by atoms with Crippen LogP contribution in [-0.4, -0.2) is 55.4 Å². The van der Waals surface area contributed by atoms with Gasteiger partial charge in [-0.1, -0.05) is 35.5 Å². The van der Waals surface area contributed by atoms with Crippen LogP contribution in [0.15, 0.2) is 34.6 Å². The highest BCUT2D eigenvalue weighted by molar-refractivity contribution is 8.15. The molecule has 0 radical (unpaired) electrons. The van der Waals surface area contributed by atoms with E-state index in [9.17, 15) is 19.7 Å². The lowest BCUT2D eigenvalue weighted by Gasteiger charge is -2.08. The Kier molecular flexibility index (Phi) is 6.87. The number of amides is 1. The second kappa shape index (κ2) is 9.57. The zero-order valence-corrected chi connectivity index (χ0v) is 17.5. The number of nitro groups is 1. The van der Waals surface area contributed by atoms with Gasteiger partial charge in [0.15, 0.2) is 10.2 Å². The molecular formula is C17H15ClN6O6S. The van der Waals surface area contributed by atoms with Crippen molar-refractivity contribution >= 4 is 52.4 Å². The van der Waals surface area contributed by atoms with E-state index in [0.29, 0.717) is 16.9 Å². The average Bonchev–Trinajstić information content (AvgIpc) is 3.24. The number of amidine groups is 1. The van der Waals surface area contributed by atoms with Crippen LogP contribution < -0.4 is 10.1 Å². The Hall–Kier alpha value is -3.45. The Labute approximate surface area is 184 Å². The maximum atomic E-state index is 11.7. The van der Waals surface area contributed by atoms with E-state index in [1.807, 2.05) is 0 Å². The van der Waals surface area contributed by atoms with Gasteiger partial charge in [-0.05, 0) is 16.6 Å². The number of ether oxygens (including phenoxy) is 1. The number of carbonyl (C=O) groups excluding carboxylic acids is 1. The minimum atomic E-state index is -1.07. The molecule has 1 saturated heterocycles. The summed E-state index contributed by atoms with van der Waals surface area (Å²) in [6.07, 6.45) is 2.49. The zero-order valence-electron chi connectivity index (χ0n) is 15.9. The second-order valence-electron chi connectivity index (χ2n) is 6.17. The first kappa shape index (κ1) is 22.2. The summed E-state index contributed by atoms with van der Waals surface area (Å²) in [5, 5.41) is 33.2. The van der Waals surface area contributed by atoms with Gasteiger partial charge in [0.05, 0.1) is 37.6 Å². The number of aromatic nitrogens is 2. The lowest BCUT2D eigenvalue weighted by molar-refractivity contribution is -0.389. The number of methoxy groups -OCH3 is 1. The molecule has 2 aromatic rings. The molecule has 31 heavy (non-hydrogen) atoms. The van der Waals surface area contributed by atoms with Crippen molar-refractivity contribution in [2.45, 2.75) is 18.2 Å². The fourth-order valence-corrected chi connectivity index (χ4v) is 3.77. The third-order valence-corrected chi connectivity index (χ3v) is 5.35. The molecule has 1 amide bonds. The number of carboxylic acids is 1. The molecule has 3 rings (SSSR count). The maximum Gasteiger partial charge on any atom is 0.408 e. The molecule has 1 aliphatic rings. The molecule has 2 heterocycles. The quantitative estimate of drug-likeness (QED) is 0.338. The minimum absolute atomic E-state index is 0.0608. The van der Waals surface area contributed by atoms with Gasteiger partial charge >= 0.3 is 11.8 Å². The van der Waals surface area contributed by atoms with Gasteiger partial charge in [0, 0.05) is 5.56 Å². The molecule has 1 aromatic heterocycles. The van der Waals surface area contributed by atoms with Crippen molar-refractivity contribution in [1.29, 1.82) is 0 Å². The first-order chi connectivity index (χ1) is 14.8. The number of carbonyl (C=O) groups is 2. The van der Waals surface area contributed by atoms with Crippen LogP contribution in [0.2, 0.25) is 5.02 Å². The molecule has 2 N–H and O–H groups in total. The number of hydrogen-bond acceptors (Lipinski definition) is 9. The molecule has 1 atom stereocenters. The molecule has 0 aliphatic carbocycles. The highest BCUT2D eigenvalue weighted by Gasteiger charge is 2.32. The van der Waals surface area contributed by atoms with E-state index in [4.69, 9.17) is 21.4 Å². The first-order valence-corrected chi connectivity index (χ1v) is 9.87. The predicted octanol–water partition coefficient (Wildman–Crippen LogP) is 1.90. The molecule has 162 valence electrons. The monoisotopic (exact) mass is 466 g/mol. The Morgan fingerprint density at radius 2 is 2.32 bits per heavy atom. The summed E-state index contributed by atoms with van der Waals surface area (Å²) < 4.78 is 6.70. The second-order valence-corrected chi connectivity index (χ2v) is 7.77. The maximum absolute atomic E-state index is 11.7. The van der Waals surface area contributed by atoms with Gasteiger partial charge in [-0.2, -0.15) is 9.78 Å². The number of thioether (sulfide) groups is 1. The molecule has 1 aliphatic heterocycles. The van der Waals surface area contributed by atoms with E-state index >= 15 is 0 Å². The molecule has 0 spiro atoms. The van der Waals surface area contributed by atoms with Crippen molar-refractivity contribution < 1.29 is 24.4 Å². The smallest absolute Gasteiger partial charge is 0.408 e. The van der Waals surface area contributed by atoms with Crippen molar-refractivity contribution in [2.75, 3.05) is 7.11 Å². The van der Waals surface area contributed by atoms with E-state index in [-0.39, 0.29) is 23.2 Å². The van der Waals surface area contributed by atoms with E-state index < -0.39 is 27.9 Å². The van der Waals surface area contributed by atoms with Gasteiger partial charge < -0.3 is 25.3 Å². The first-order valence-electron chi connectivity index (χ1n) is 8.61. The highest BCUT2D eigenvalue weighted by atomic mass is 35.5. The Bertz CT molecular complexity index is 1100. The van der Waals surface area contributed by atoms with Crippen molar-refractivity contribution in [1.82, 2.24) is 15.1 Å². The number of rotatable bonds is 8. The van der Waals surface area contributed by atoms with E-state index in [2.05, 4.69) is 20.6 Å². The summed E-state index contributed by atoms with van der Waals surface area (Å²) in [6.45, 7) is 0.199. The molecule has 0 bridgehead atoms.